The van der Waals surface area contributed by atoms with Crippen LogP contribution in [-0.2, 0) is 0 Å². The van der Waals surface area contributed by atoms with E-state index in [-0.39, 0.29) is 5.43 Å². The smallest absolute Gasteiger partial charge is 0.215 e. The first-order chi connectivity index (χ1) is 13.9. The molecule has 29 heavy (non-hydrogen) atoms. The molecule has 2 aromatic carbocycles. The number of hydrogen-bond donors (Lipinski definition) is 1. The van der Waals surface area contributed by atoms with Crippen molar-refractivity contribution in [3.63, 3.8) is 0 Å². The van der Waals surface area contributed by atoms with Crippen LogP contribution in [0.5, 0.6) is 5.88 Å². The van der Waals surface area contributed by atoms with Gasteiger partial charge in [-0.2, -0.15) is 0 Å². The third-order valence-corrected chi connectivity index (χ3v) is 4.34. The quantitative estimate of drug-likeness (QED) is 0.517. The van der Waals surface area contributed by atoms with Gasteiger partial charge >= 0.3 is 0 Å². The normalized spacial score (nSPS) is 11.4. The number of hydrogen-bond acceptors (Lipinski definition) is 4. The zero-order chi connectivity index (χ0) is 20.4. The van der Waals surface area contributed by atoms with Crippen LogP contribution in [-0.4, -0.2) is 15.2 Å². The van der Waals surface area contributed by atoms with Crippen molar-refractivity contribution >= 4 is 22.4 Å². The van der Waals surface area contributed by atoms with Crippen molar-refractivity contribution in [1.29, 1.82) is 0 Å². The highest BCUT2D eigenvalue weighted by Crippen LogP contribution is 2.27. The Labute approximate surface area is 169 Å². The molecule has 5 heteroatoms. The van der Waals surface area contributed by atoms with Gasteiger partial charge in [0.1, 0.15) is 11.4 Å². The molecule has 5 nitrogen and oxygen atoms in total. The minimum Gasteiger partial charge on any atom is -0.472 e. The maximum Gasteiger partial charge on any atom is 0.215 e. The van der Waals surface area contributed by atoms with Crippen LogP contribution in [0, 0.1) is 0 Å². The topological polar surface area (TPSA) is 56.1 Å². The van der Waals surface area contributed by atoms with Gasteiger partial charge in [0.2, 0.25) is 5.88 Å². The summed E-state index contributed by atoms with van der Waals surface area (Å²) in [6.45, 7) is 5.91. The molecular weight excluding hydrogens is 362 g/mol. The second-order valence-electron chi connectivity index (χ2n) is 7.81. The Morgan fingerprint density at radius 1 is 0.931 bits per heavy atom. The molecule has 1 N–H and O–H groups in total. The Bertz CT molecular complexity index is 1190. The van der Waals surface area contributed by atoms with E-state index in [1.165, 1.54) is 0 Å². The van der Waals surface area contributed by atoms with E-state index in [1.807, 2.05) is 92.1 Å². The van der Waals surface area contributed by atoms with E-state index in [2.05, 4.69) is 10.3 Å². The number of fused-ring (bicyclic) bond motifs is 1. The lowest BCUT2D eigenvalue weighted by Crippen LogP contribution is -2.23. The van der Waals surface area contributed by atoms with Crippen LogP contribution in [0.4, 0.5) is 11.5 Å². The molecule has 2 heterocycles. The number of benzene rings is 2. The van der Waals surface area contributed by atoms with Crippen LogP contribution in [0.15, 0.2) is 83.8 Å². The second kappa shape index (κ2) is 7.43. The number of anilines is 2. The summed E-state index contributed by atoms with van der Waals surface area (Å²) in [5, 5.41) is 3.91. The summed E-state index contributed by atoms with van der Waals surface area (Å²) < 4.78 is 7.97. The molecule has 0 unspecified atom stereocenters. The third-order valence-electron chi connectivity index (χ3n) is 4.34. The van der Waals surface area contributed by atoms with E-state index in [9.17, 15) is 4.79 Å². The fraction of sp³-hybridized carbons (Fsp3) is 0.167. The van der Waals surface area contributed by atoms with Crippen molar-refractivity contribution in [2.45, 2.75) is 26.4 Å². The zero-order valence-electron chi connectivity index (χ0n) is 16.7. The minimum atomic E-state index is -0.390. The molecule has 0 radical (unpaired) electrons. The first-order valence-electron chi connectivity index (χ1n) is 9.53. The fourth-order valence-corrected chi connectivity index (χ4v) is 3.18. The van der Waals surface area contributed by atoms with Gasteiger partial charge in [-0.3, -0.25) is 9.36 Å². The standard InChI is InChI=1S/C24H23N3O2/c1-24(2,3)29-23-14-20-19(16-25-23)21(28)15-22(26-17-10-6-4-7-11-17)27(20)18-12-8-5-9-13-18/h4-16,26H,1-3H3. The van der Waals surface area contributed by atoms with Crippen molar-refractivity contribution in [1.82, 2.24) is 9.55 Å². The molecule has 0 spiro atoms. The molecule has 4 rings (SSSR count). The van der Waals surface area contributed by atoms with E-state index >= 15 is 0 Å². The van der Waals surface area contributed by atoms with E-state index in [1.54, 1.807) is 12.3 Å². The van der Waals surface area contributed by atoms with Gasteiger partial charge in [-0.25, -0.2) is 4.98 Å². The number of para-hydroxylation sites is 2. The second-order valence-corrected chi connectivity index (χ2v) is 7.81. The average molecular weight is 385 g/mol. The van der Waals surface area contributed by atoms with Gasteiger partial charge in [-0.1, -0.05) is 36.4 Å². The lowest BCUT2D eigenvalue weighted by atomic mass is 10.2. The molecule has 0 aliphatic heterocycles. The van der Waals surface area contributed by atoms with Gasteiger partial charge in [0.05, 0.1) is 10.9 Å². The maximum atomic E-state index is 12.8. The van der Waals surface area contributed by atoms with Gasteiger partial charge in [0.25, 0.3) is 0 Å². The van der Waals surface area contributed by atoms with Gasteiger partial charge in [-0.15, -0.1) is 0 Å². The summed E-state index contributed by atoms with van der Waals surface area (Å²) in [5.41, 5.74) is 2.08. The van der Waals surface area contributed by atoms with E-state index in [0.29, 0.717) is 17.1 Å². The lowest BCUT2D eigenvalue weighted by molar-refractivity contribution is 0.124. The number of nitrogens with one attached hydrogen (secondary N) is 1. The summed E-state index contributed by atoms with van der Waals surface area (Å²) >= 11 is 0. The molecule has 4 aromatic rings. The molecule has 0 aliphatic carbocycles. The van der Waals surface area contributed by atoms with Crippen LogP contribution < -0.4 is 15.5 Å². The SMILES string of the molecule is CC(C)(C)Oc1cc2c(cn1)c(=O)cc(Nc1ccccc1)n2-c1ccccc1. The van der Waals surface area contributed by atoms with E-state index in [4.69, 9.17) is 4.74 Å². The zero-order valence-corrected chi connectivity index (χ0v) is 16.7. The number of ether oxygens (including phenoxy) is 1. The Balaban J connectivity index is 1.97. The molecule has 0 fully saturated rings. The molecule has 0 saturated carbocycles. The first kappa shape index (κ1) is 18.7. The van der Waals surface area contributed by atoms with E-state index in [0.717, 1.165) is 16.9 Å². The lowest BCUT2D eigenvalue weighted by Gasteiger charge is -2.22. The monoisotopic (exact) mass is 385 g/mol. The molecule has 146 valence electrons. The van der Waals surface area contributed by atoms with Crippen molar-refractivity contribution in [3.05, 3.63) is 89.2 Å². The highest BCUT2D eigenvalue weighted by Gasteiger charge is 2.16. The predicted octanol–water partition coefficient (Wildman–Crippen LogP) is 5.31. The Kier molecular flexibility index (Phi) is 4.80. The summed E-state index contributed by atoms with van der Waals surface area (Å²) in [6.07, 6.45) is 1.59. The summed E-state index contributed by atoms with van der Waals surface area (Å²) in [4.78, 5) is 17.2. The Morgan fingerprint density at radius 2 is 1.59 bits per heavy atom. The van der Waals surface area contributed by atoms with Crippen LogP contribution >= 0.6 is 0 Å². The van der Waals surface area contributed by atoms with Gasteiger partial charge in [0, 0.05) is 29.7 Å². The first-order valence-corrected chi connectivity index (χ1v) is 9.53. The number of rotatable bonds is 4. The van der Waals surface area contributed by atoms with Crippen molar-refractivity contribution in [3.8, 4) is 11.6 Å². The third kappa shape index (κ3) is 4.14. The van der Waals surface area contributed by atoms with Gasteiger partial charge in [-0.05, 0) is 45.0 Å². The van der Waals surface area contributed by atoms with Crippen molar-refractivity contribution in [2.24, 2.45) is 0 Å². The summed E-state index contributed by atoms with van der Waals surface area (Å²) in [6, 6.07) is 23.1. The van der Waals surface area contributed by atoms with Crippen molar-refractivity contribution < 1.29 is 4.74 Å². The average Bonchev–Trinajstić information content (AvgIpc) is 2.68. The maximum absolute atomic E-state index is 12.8. The summed E-state index contributed by atoms with van der Waals surface area (Å²) in [7, 11) is 0. The number of aromatic nitrogens is 2. The van der Waals surface area contributed by atoms with Gasteiger partial charge < -0.3 is 10.1 Å². The molecule has 2 aromatic heterocycles. The fourth-order valence-electron chi connectivity index (χ4n) is 3.18. The highest BCUT2D eigenvalue weighted by molar-refractivity contribution is 5.84. The Hall–Kier alpha value is -3.60. The largest absolute Gasteiger partial charge is 0.472 e. The molecule has 0 amide bonds. The van der Waals surface area contributed by atoms with Crippen LogP contribution in [0.2, 0.25) is 0 Å². The predicted molar refractivity (Wildman–Crippen MR) is 117 cm³/mol. The number of pyridine rings is 2. The van der Waals surface area contributed by atoms with E-state index < -0.39 is 5.60 Å². The van der Waals surface area contributed by atoms with Crippen LogP contribution in [0.3, 0.4) is 0 Å². The van der Waals surface area contributed by atoms with Crippen molar-refractivity contribution in [2.75, 3.05) is 5.32 Å². The molecular formula is C24H23N3O2. The molecule has 0 saturated heterocycles. The van der Waals surface area contributed by atoms with Crippen LogP contribution in [0.1, 0.15) is 20.8 Å². The minimum absolute atomic E-state index is 0.0968. The van der Waals surface area contributed by atoms with Gasteiger partial charge in [0.15, 0.2) is 5.43 Å². The molecule has 0 atom stereocenters. The summed E-state index contributed by atoms with van der Waals surface area (Å²) in [5.74, 6) is 1.15. The molecule has 0 bridgehead atoms. The highest BCUT2D eigenvalue weighted by atomic mass is 16.5. The molecule has 0 aliphatic rings. The van der Waals surface area contributed by atoms with Crippen LogP contribution in [0.25, 0.3) is 16.6 Å². The number of nitrogens with zero attached hydrogens (tertiary/aromatic N) is 2. The Morgan fingerprint density at radius 3 is 2.24 bits per heavy atom.